The van der Waals surface area contributed by atoms with E-state index < -0.39 is 0 Å². The van der Waals surface area contributed by atoms with E-state index in [0.717, 1.165) is 25.2 Å². The van der Waals surface area contributed by atoms with E-state index in [4.69, 9.17) is 0 Å². The minimum atomic E-state index is 0.795. The summed E-state index contributed by atoms with van der Waals surface area (Å²) in [6.07, 6.45) is 8.50. The third kappa shape index (κ3) is 3.16. The van der Waals surface area contributed by atoms with Gasteiger partial charge < -0.3 is 0 Å². The van der Waals surface area contributed by atoms with Crippen LogP contribution in [0.15, 0.2) is 50.4 Å². The maximum Gasteiger partial charge on any atom is 0.0359 e. The molecule has 2 aliphatic carbocycles. The predicted molar refractivity (Wildman–Crippen MR) is 125 cm³/mol. The summed E-state index contributed by atoms with van der Waals surface area (Å²) in [4.78, 5) is 8.55. The van der Waals surface area contributed by atoms with Gasteiger partial charge in [-0.3, -0.25) is 0 Å². The second-order valence-corrected chi connectivity index (χ2v) is 9.33. The van der Waals surface area contributed by atoms with Gasteiger partial charge in [0.25, 0.3) is 0 Å². The van der Waals surface area contributed by atoms with Gasteiger partial charge in [0.2, 0.25) is 0 Å². The Hall–Kier alpha value is 1.50. The lowest BCUT2D eigenvalue weighted by Crippen LogP contribution is -1.93. The Labute approximate surface area is 171 Å². The Morgan fingerprint density at radius 2 is 0.773 bits per heavy atom. The number of thioether (sulfide) groups is 4. The summed E-state index contributed by atoms with van der Waals surface area (Å²) in [6.45, 7) is 0. The van der Waals surface area contributed by atoms with Gasteiger partial charge in [-0.2, -0.15) is 0 Å². The van der Waals surface area contributed by atoms with Crippen LogP contribution in [0, 0.1) is 0 Å². The van der Waals surface area contributed by atoms with Crippen LogP contribution >= 0.6 is 97.6 Å². The standard InChI is InChI=1S/C14H16S8/c1-19-11-6(5-7(15)9(17)10(18)8(5)16)12(20-2)14(22-4)13(11)21-3/h15-18H,1-4H3. The highest BCUT2D eigenvalue weighted by atomic mass is 32.2. The molecule has 120 valence electrons. The van der Waals surface area contributed by atoms with Gasteiger partial charge in [-0.05, 0) is 25.0 Å². The molecule has 2 aliphatic rings. The molecule has 0 spiro atoms. The average Bonchev–Trinajstić information content (AvgIpc) is 2.93. The molecule has 0 amide bonds. The zero-order valence-electron chi connectivity index (χ0n) is 12.4. The van der Waals surface area contributed by atoms with Gasteiger partial charge in [0.05, 0.1) is 0 Å². The molecule has 0 radical (unpaired) electrons. The van der Waals surface area contributed by atoms with E-state index >= 15 is 0 Å². The van der Waals surface area contributed by atoms with E-state index in [1.54, 1.807) is 47.0 Å². The minimum Gasteiger partial charge on any atom is -0.142 e. The Morgan fingerprint density at radius 3 is 1.05 bits per heavy atom. The quantitative estimate of drug-likeness (QED) is 0.377. The Balaban J connectivity index is 2.87. The molecule has 8 heteroatoms. The number of thiol groups is 4. The molecule has 0 aromatic carbocycles. The van der Waals surface area contributed by atoms with Crippen LogP contribution < -0.4 is 0 Å². The normalized spacial score (nSPS) is 19.6. The van der Waals surface area contributed by atoms with Gasteiger partial charge in [-0.15, -0.1) is 97.6 Å². The number of rotatable bonds is 4. The fraction of sp³-hybridized carbons (Fsp3) is 0.286. The first-order chi connectivity index (χ1) is 10.4. The fourth-order valence-electron chi connectivity index (χ4n) is 2.33. The van der Waals surface area contributed by atoms with Gasteiger partial charge >= 0.3 is 0 Å². The zero-order valence-corrected chi connectivity index (χ0v) is 19.3. The molecule has 0 N–H and O–H groups in total. The van der Waals surface area contributed by atoms with E-state index in [0.29, 0.717) is 0 Å². The molecule has 0 aromatic rings. The van der Waals surface area contributed by atoms with Gasteiger partial charge in [-0.1, -0.05) is 0 Å². The molecule has 0 aromatic heterocycles. The van der Waals surface area contributed by atoms with Crippen LogP contribution in [-0.4, -0.2) is 25.0 Å². The number of allylic oxidation sites excluding steroid dienone is 4. The van der Waals surface area contributed by atoms with Crippen molar-refractivity contribution in [3.05, 3.63) is 50.4 Å². The number of hydrogen-bond donors (Lipinski definition) is 4. The SMILES string of the molecule is CSC1=C(SC)C(=C2C(S)=C(S)C(S)=C2S)C(SC)=C1SC. The smallest absolute Gasteiger partial charge is 0.0359 e. The van der Waals surface area contributed by atoms with Crippen molar-refractivity contribution in [2.24, 2.45) is 0 Å². The first-order valence-corrected chi connectivity index (χ1v) is 12.8. The second kappa shape index (κ2) is 8.25. The summed E-state index contributed by atoms with van der Waals surface area (Å²) in [5.74, 6) is 0. The van der Waals surface area contributed by atoms with Crippen molar-refractivity contribution in [3.8, 4) is 0 Å². The van der Waals surface area contributed by atoms with Crippen molar-refractivity contribution < 1.29 is 0 Å². The van der Waals surface area contributed by atoms with E-state index in [-0.39, 0.29) is 0 Å². The van der Waals surface area contributed by atoms with Crippen molar-refractivity contribution in [3.63, 3.8) is 0 Å². The summed E-state index contributed by atoms with van der Waals surface area (Å²) in [6, 6.07) is 0. The van der Waals surface area contributed by atoms with Crippen molar-refractivity contribution >= 4 is 97.6 Å². The molecule has 0 nitrogen and oxygen atoms in total. The van der Waals surface area contributed by atoms with Crippen molar-refractivity contribution in [2.45, 2.75) is 0 Å². The van der Waals surface area contributed by atoms with Crippen LogP contribution in [0.3, 0.4) is 0 Å². The molecule has 0 unspecified atom stereocenters. The van der Waals surface area contributed by atoms with Gasteiger partial charge in [0.15, 0.2) is 0 Å². The lowest BCUT2D eigenvalue weighted by atomic mass is 10.1. The summed E-state index contributed by atoms with van der Waals surface area (Å²) < 4.78 is 0. The second-order valence-electron chi connectivity index (χ2n) is 4.28. The van der Waals surface area contributed by atoms with Crippen molar-refractivity contribution in [1.82, 2.24) is 0 Å². The largest absolute Gasteiger partial charge is 0.142 e. The summed E-state index contributed by atoms with van der Waals surface area (Å²) >= 11 is 25.6. The van der Waals surface area contributed by atoms with Crippen LogP contribution in [0.5, 0.6) is 0 Å². The maximum atomic E-state index is 4.68. The van der Waals surface area contributed by atoms with Crippen LogP contribution in [0.25, 0.3) is 0 Å². The third-order valence-electron chi connectivity index (χ3n) is 3.29. The molecule has 0 aliphatic heterocycles. The molecule has 0 saturated carbocycles. The average molecular weight is 441 g/mol. The van der Waals surface area contributed by atoms with Crippen LogP contribution in [-0.2, 0) is 0 Å². The molecular formula is C14H16S8. The third-order valence-corrected chi connectivity index (χ3v) is 9.26. The Bertz CT molecular complexity index is 619. The van der Waals surface area contributed by atoms with E-state index in [9.17, 15) is 0 Å². The van der Waals surface area contributed by atoms with Crippen LogP contribution in [0.2, 0.25) is 0 Å². The summed E-state index contributed by atoms with van der Waals surface area (Å²) in [5, 5.41) is 0. The van der Waals surface area contributed by atoms with Gasteiger partial charge in [-0.25, -0.2) is 0 Å². The minimum absolute atomic E-state index is 0.795. The molecule has 0 fully saturated rings. The Morgan fingerprint density at radius 1 is 0.455 bits per heavy atom. The lowest BCUT2D eigenvalue weighted by Gasteiger charge is -2.13. The first kappa shape index (κ1) is 19.8. The molecule has 0 heterocycles. The van der Waals surface area contributed by atoms with Gasteiger partial charge in [0, 0.05) is 50.4 Å². The van der Waals surface area contributed by atoms with Crippen molar-refractivity contribution in [2.75, 3.05) is 25.0 Å². The highest BCUT2D eigenvalue weighted by molar-refractivity contribution is 8.11. The monoisotopic (exact) mass is 440 g/mol. The predicted octanol–water partition coefficient (Wildman–Crippen LogP) is 6.33. The highest BCUT2D eigenvalue weighted by Gasteiger charge is 2.34. The van der Waals surface area contributed by atoms with Crippen molar-refractivity contribution in [1.29, 1.82) is 0 Å². The summed E-state index contributed by atoms with van der Waals surface area (Å²) in [7, 11) is 0. The number of hydrogen-bond acceptors (Lipinski definition) is 8. The van der Waals surface area contributed by atoms with Crippen LogP contribution in [0.4, 0.5) is 0 Å². The Kier molecular flexibility index (Phi) is 7.43. The molecule has 0 saturated heterocycles. The lowest BCUT2D eigenvalue weighted by molar-refractivity contribution is 1.56. The molecular weight excluding hydrogens is 425 g/mol. The molecule has 0 bridgehead atoms. The van der Waals surface area contributed by atoms with E-state index in [1.165, 1.54) is 25.2 Å². The van der Waals surface area contributed by atoms with E-state index in [1.807, 2.05) is 0 Å². The topological polar surface area (TPSA) is 0 Å². The fourth-order valence-corrected chi connectivity index (χ4v) is 7.95. The first-order valence-electron chi connectivity index (χ1n) is 6.09. The van der Waals surface area contributed by atoms with Crippen LogP contribution in [0.1, 0.15) is 0 Å². The van der Waals surface area contributed by atoms with E-state index in [2.05, 4.69) is 75.5 Å². The maximum absolute atomic E-state index is 4.68. The van der Waals surface area contributed by atoms with Gasteiger partial charge in [0.1, 0.15) is 0 Å². The molecule has 2 rings (SSSR count). The highest BCUT2D eigenvalue weighted by Crippen LogP contribution is 2.57. The molecule has 22 heavy (non-hydrogen) atoms. The molecule has 0 atom stereocenters. The zero-order chi connectivity index (χ0) is 16.6. The summed E-state index contributed by atoms with van der Waals surface area (Å²) in [5.41, 5.74) is 2.27.